The molecule has 0 aliphatic carbocycles. The quantitative estimate of drug-likeness (QED) is 0.887. The summed E-state index contributed by atoms with van der Waals surface area (Å²) < 4.78 is 13.9. The van der Waals surface area contributed by atoms with Gasteiger partial charge in [0, 0.05) is 18.7 Å². The van der Waals surface area contributed by atoms with Crippen molar-refractivity contribution in [1.29, 1.82) is 5.26 Å². The third-order valence-electron chi connectivity index (χ3n) is 3.53. The fourth-order valence-corrected chi connectivity index (χ4v) is 2.52. The third-order valence-corrected chi connectivity index (χ3v) is 3.53. The van der Waals surface area contributed by atoms with E-state index < -0.39 is 0 Å². The highest BCUT2D eigenvalue weighted by atomic mass is 19.1. The van der Waals surface area contributed by atoms with Gasteiger partial charge in [-0.05, 0) is 37.9 Å². The predicted octanol–water partition coefficient (Wildman–Crippen LogP) is 1.87. The van der Waals surface area contributed by atoms with Gasteiger partial charge in [0.1, 0.15) is 11.9 Å². The van der Waals surface area contributed by atoms with E-state index in [0.29, 0.717) is 24.6 Å². The average molecular weight is 247 g/mol. The molecule has 1 fully saturated rings. The molecule has 0 radical (unpaired) electrons. The number of hydrogen-bond acceptors (Lipinski definition) is 3. The Morgan fingerprint density at radius 2 is 2.33 bits per heavy atom. The van der Waals surface area contributed by atoms with Gasteiger partial charge in [0.25, 0.3) is 0 Å². The summed E-state index contributed by atoms with van der Waals surface area (Å²) >= 11 is 0. The number of halogens is 1. The molecule has 1 unspecified atom stereocenters. The average Bonchev–Trinajstić information content (AvgIpc) is 2.41. The first kappa shape index (κ1) is 13.0. The molecule has 0 aromatic heterocycles. The van der Waals surface area contributed by atoms with Gasteiger partial charge in [-0.1, -0.05) is 12.1 Å². The molecule has 0 amide bonds. The van der Waals surface area contributed by atoms with Gasteiger partial charge in [-0.3, -0.25) is 4.90 Å². The van der Waals surface area contributed by atoms with Crippen LogP contribution in [0.15, 0.2) is 18.2 Å². The first-order valence-corrected chi connectivity index (χ1v) is 6.34. The van der Waals surface area contributed by atoms with E-state index in [9.17, 15) is 4.39 Å². The summed E-state index contributed by atoms with van der Waals surface area (Å²) in [6.45, 7) is 3.16. The summed E-state index contributed by atoms with van der Waals surface area (Å²) in [5, 5.41) is 8.81. The summed E-state index contributed by atoms with van der Waals surface area (Å²) in [5.74, 6) is 0.135. The van der Waals surface area contributed by atoms with Crippen LogP contribution in [-0.2, 0) is 6.54 Å². The minimum absolute atomic E-state index is 0.125. The number of hydrogen-bond donors (Lipinski definition) is 1. The molecular formula is C14H18FN3. The molecule has 0 saturated carbocycles. The van der Waals surface area contributed by atoms with Gasteiger partial charge in [0.15, 0.2) is 0 Å². The third kappa shape index (κ3) is 2.87. The molecule has 1 atom stereocenters. The van der Waals surface area contributed by atoms with Crippen molar-refractivity contribution in [3.63, 3.8) is 0 Å². The molecule has 96 valence electrons. The van der Waals surface area contributed by atoms with Crippen LogP contribution in [0, 0.1) is 23.1 Å². The number of nitriles is 1. The monoisotopic (exact) mass is 247 g/mol. The number of likely N-dealkylation sites (tertiary alicyclic amines) is 1. The molecule has 0 bridgehead atoms. The predicted molar refractivity (Wildman–Crippen MR) is 68.2 cm³/mol. The smallest absolute Gasteiger partial charge is 0.145 e. The maximum atomic E-state index is 13.9. The van der Waals surface area contributed by atoms with Crippen molar-refractivity contribution in [1.82, 2.24) is 4.90 Å². The molecule has 18 heavy (non-hydrogen) atoms. The molecule has 4 heteroatoms. The van der Waals surface area contributed by atoms with Crippen LogP contribution in [0.5, 0.6) is 0 Å². The molecule has 1 aliphatic heterocycles. The summed E-state index contributed by atoms with van der Waals surface area (Å²) in [6.07, 6.45) is 2.27. The topological polar surface area (TPSA) is 53.0 Å². The van der Waals surface area contributed by atoms with Gasteiger partial charge in [0.2, 0.25) is 0 Å². The molecule has 1 aliphatic rings. The van der Waals surface area contributed by atoms with Crippen molar-refractivity contribution in [3.8, 4) is 6.07 Å². The number of piperidine rings is 1. The van der Waals surface area contributed by atoms with Crippen molar-refractivity contribution in [2.24, 2.45) is 11.7 Å². The second kappa shape index (κ2) is 5.94. The van der Waals surface area contributed by atoms with Crippen LogP contribution >= 0.6 is 0 Å². The van der Waals surface area contributed by atoms with E-state index in [0.717, 1.165) is 25.9 Å². The summed E-state index contributed by atoms with van der Waals surface area (Å²) in [6, 6.07) is 6.88. The maximum Gasteiger partial charge on any atom is 0.145 e. The van der Waals surface area contributed by atoms with Crippen LogP contribution in [0.25, 0.3) is 0 Å². The molecule has 1 aromatic rings. The fourth-order valence-electron chi connectivity index (χ4n) is 2.52. The number of benzene rings is 1. The Kier molecular flexibility index (Phi) is 4.29. The van der Waals surface area contributed by atoms with Crippen LogP contribution in [0.3, 0.4) is 0 Å². The second-order valence-electron chi connectivity index (χ2n) is 4.87. The zero-order valence-corrected chi connectivity index (χ0v) is 10.4. The van der Waals surface area contributed by atoms with E-state index in [1.165, 1.54) is 6.07 Å². The first-order valence-electron chi connectivity index (χ1n) is 6.34. The van der Waals surface area contributed by atoms with Gasteiger partial charge in [-0.15, -0.1) is 0 Å². The van der Waals surface area contributed by atoms with Crippen LogP contribution in [0.2, 0.25) is 0 Å². The Morgan fingerprint density at radius 3 is 3.06 bits per heavy atom. The minimum atomic E-state index is -0.380. The second-order valence-corrected chi connectivity index (χ2v) is 4.87. The minimum Gasteiger partial charge on any atom is -0.330 e. The Hall–Kier alpha value is -1.44. The van der Waals surface area contributed by atoms with Crippen molar-refractivity contribution in [2.45, 2.75) is 19.4 Å². The van der Waals surface area contributed by atoms with Crippen LogP contribution in [0.1, 0.15) is 24.0 Å². The molecule has 0 spiro atoms. The number of rotatable bonds is 3. The van der Waals surface area contributed by atoms with Gasteiger partial charge >= 0.3 is 0 Å². The lowest BCUT2D eigenvalue weighted by molar-refractivity contribution is 0.169. The van der Waals surface area contributed by atoms with E-state index in [2.05, 4.69) is 4.90 Å². The number of nitrogens with two attached hydrogens (primary N) is 1. The normalized spacial score (nSPS) is 20.6. The summed E-state index contributed by atoms with van der Waals surface area (Å²) in [5.41, 5.74) is 6.42. The van der Waals surface area contributed by atoms with Crippen molar-refractivity contribution in [3.05, 3.63) is 35.1 Å². The molecule has 2 rings (SSSR count). The Balaban J connectivity index is 2.07. The highest BCUT2D eigenvalue weighted by Gasteiger charge is 2.20. The standard InChI is InChI=1S/C14H18FN3/c15-14-12(8-17)4-1-5-13(14)10-18-6-2-3-11(7-16)9-18/h1,4-5,11H,2-3,6-7,9-10,16H2. The summed E-state index contributed by atoms with van der Waals surface area (Å²) in [4.78, 5) is 2.22. The number of nitrogens with zero attached hydrogens (tertiary/aromatic N) is 2. The Bertz CT molecular complexity index is 453. The Morgan fingerprint density at radius 1 is 1.50 bits per heavy atom. The zero-order valence-electron chi connectivity index (χ0n) is 10.4. The lowest BCUT2D eigenvalue weighted by Gasteiger charge is -2.32. The molecule has 2 N–H and O–H groups in total. The van der Waals surface area contributed by atoms with Crippen molar-refractivity contribution >= 4 is 0 Å². The lowest BCUT2D eigenvalue weighted by atomic mass is 9.97. The van der Waals surface area contributed by atoms with Gasteiger partial charge < -0.3 is 5.73 Å². The fraction of sp³-hybridized carbons (Fsp3) is 0.500. The molecule has 3 nitrogen and oxygen atoms in total. The van der Waals surface area contributed by atoms with E-state index in [1.807, 2.05) is 6.07 Å². The first-order chi connectivity index (χ1) is 8.74. The van der Waals surface area contributed by atoms with Crippen LogP contribution in [-0.4, -0.2) is 24.5 Å². The van der Waals surface area contributed by atoms with Crippen molar-refractivity contribution < 1.29 is 4.39 Å². The lowest BCUT2D eigenvalue weighted by Crippen LogP contribution is -2.38. The zero-order chi connectivity index (χ0) is 13.0. The van der Waals surface area contributed by atoms with E-state index in [1.54, 1.807) is 12.1 Å². The van der Waals surface area contributed by atoms with E-state index >= 15 is 0 Å². The summed E-state index contributed by atoms with van der Waals surface area (Å²) in [7, 11) is 0. The van der Waals surface area contributed by atoms with Gasteiger partial charge in [0.05, 0.1) is 5.56 Å². The molecule has 1 heterocycles. The molecule has 1 saturated heterocycles. The molecule has 1 aromatic carbocycles. The van der Waals surface area contributed by atoms with Gasteiger partial charge in [-0.25, -0.2) is 4.39 Å². The van der Waals surface area contributed by atoms with Gasteiger partial charge in [-0.2, -0.15) is 5.26 Å². The highest BCUT2D eigenvalue weighted by molar-refractivity contribution is 5.34. The largest absolute Gasteiger partial charge is 0.330 e. The van der Waals surface area contributed by atoms with Crippen LogP contribution < -0.4 is 5.73 Å². The van der Waals surface area contributed by atoms with E-state index in [-0.39, 0.29) is 11.4 Å². The SMILES string of the molecule is N#Cc1cccc(CN2CCCC(CN)C2)c1F. The maximum absolute atomic E-state index is 13.9. The van der Waals surface area contributed by atoms with Crippen LogP contribution in [0.4, 0.5) is 4.39 Å². The molecular weight excluding hydrogens is 229 g/mol. The van der Waals surface area contributed by atoms with Crippen molar-refractivity contribution in [2.75, 3.05) is 19.6 Å². The highest BCUT2D eigenvalue weighted by Crippen LogP contribution is 2.20. The van der Waals surface area contributed by atoms with E-state index in [4.69, 9.17) is 11.0 Å². The Labute approximate surface area is 107 Å².